The van der Waals surface area contributed by atoms with Crippen molar-refractivity contribution in [3.05, 3.63) is 78.0 Å². The zero-order valence-corrected chi connectivity index (χ0v) is 12.9. The number of rotatable bonds is 5. The molecule has 1 heterocycles. The summed E-state index contributed by atoms with van der Waals surface area (Å²) in [4.78, 5) is 16.6. The summed E-state index contributed by atoms with van der Waals surface area (Å²) >= 11 is 0. The van der Waals surface area contributed by atoms with Crippen LogP contribution in [0.25, 0.3) is 17.0 Å². The van der Waals surface area contributed by atoms with Crippen LogP contribution < -0.4 is 4.74 Å². The van der Waals surface area contributed by atoms with E-state index in [0.717, 1.165) is 22.2 Å². The molecule has 0 atom stereocenters. The third-order valence-electron chi connectivity index (χ3n) is 3.49. The maximum absolute atomic E-state index is 12.2. The van der Waals surface area contributed by atoms with Gasteiger partial charge in [-0.25, -0.2) is 0 Å². The molecule has 0 saturated heterocycles. The molecule has 0 unspecified atom stereocenters. The Bertz CT molecular complexity index is 851. The number of ketones is 1. The second-order valence-electron chi connectivity index (χ2n) is 5.12. The van der Waals surface area contributed by atoms with Gasteiger partial charge in [-0.3, -0.25) is 9.78 Å². The van der Waals surface area contributed by atoms with Gasteiger partial charge in [0.2, 0.25) is 0 Å². The number of fused-ring (bicyclic) bond motifs is 1. The van der Waals surface area contributed by atoms with E-state index >= 15 is 0 Å². The largest absolute Gasteiger partial charge is 0.494 e. The Morgan fingerprint density at radius 2 is 1.91 bits per heavy atom. The topological polar surface area (TPSA) is 39.2 Å². The van der Waals surface area contributed by atoms with E-state index in [4.69, 9.17) is 4.74 Å². The molecule has 3 aromatic rings. The van der Waals surface area contributed by atoms with Crippen molar-refractivity contribution in [2.45, 2.75) is 6.92 Å². The van der Waals surface area contributed by atoms with Crippen molar-refractivity contribution in [3.8, 4) is 5.75 Å². The van der Waals surface area contributed by atoms with Crippen molar-refractivity contribution >= 4 is 22.8 Å². The molecule has 0 radical (unpaired) electrons. The quantitative estimate of drug-likeness (QED) is 0.513. The number of hydrogen-bond acceptors (Lipinski definition) is 3. The van der Waals surface area contributed by atoms with E-state index in [-0.39, 0.29) is 5.78 Å². The lowest BCUT2D eigenvalue weighted by Gasteiger charge is -2.03. The molecule has 0 aliphatic carbocycles. The minimum absolute atomic E-state index is 0.0405. The van der Waals surface area contributed by atoms with Gasteiger partial charge in [-0.1, -0.05) is 18.2 Å². The van der Waals surface area contributed by atoms with Crippen molar-refractivity contribution in [2.24, 2.45) is 0 Å². The summed E-state index contributed by atoms with van der Waals surface area (Å²) in [5.74, 6) is 0.730. The van der Waals surface area contributed by atoms with Crippen LogP contribution in [-0.2, 0) is 0 Å². The Labute approximate surface area is 135 Å². The van der Waals surface area contributed by atoms with Gasteiger partial charge in [0.15, 0.2) is 5.78 Å². The lowest BCUT2D eigenvalue weighted by atomic mass is 10.1. The Morgan fingerprint density at radius 1 is 1.13 bits per heavy atom. The standard InChI is InChI=1S/C20H17NO2/c1-2-23-18-10-8-16(9-11-18)20(22)12-7-15-13-17-5-3-4-6-19(17)21-14-15/h3-14H,2H2,1H3. The van der Waals surface area contributed by atoms with E-state index in [9.17, 15) is 4.79 Å². The van der Waals surface area contributed by atoms with Crippen molar-refractivity contribution in [2.75, 3.05) is 6.61 Å². The molecular weight excluding hydrogens is 286 g/mol. The molecule has 0 saturated carbocycles. The molecule has 1 aromatic heterocycles. The van der Waals surface area contributed by atoms with Crippen LogP contribution in [0.1, 0.15) is 22.8 Å². The summed E-state index contributed by atoms with van der Waals surface area (Å²) in [5.41, 5.74) is 2.49. The second-order valence-corrected chi connectivity index (χ2v) is 5.12. The van der Waals surface area contributed by atoms with Crippen molar-refractivity contribution in [1.82, 2.24) is 4.98 Å². The number of nitrogens with zero attached hydrogens (tertiary/aromatic N) is 1. The maximum atomic E-state index is 12.2. The average Bonchev–Trinajstić information content (AvgIpc) is 2.60. The first-order valence-corrected chi connectivity index (χ1v) is 7.56. The van der Waals surface area contributed by atoms with Crippen LogP contribution in [0.4, 0.5) is 0 Å². The van der Waals surface area contributed by atoms with Crippen LogP contribution in [-0.4, -0.2) is 17.4 Å². The highest BCUT2D eigenvalue weighted by molar-refractivity contribution is 6.07. The lowest BCUT2D eigenvalue weighted by Crippen LogP contribution is -1.95. The molecular formula is C20H17NO2. The number of hydrogen-bond donors (Lipinski definition) is 0. The van der Waals surface area contributed by atoms with E-state index < -0.39 is 0 Å². The number of ether oxygens (including phenoxy) is 1. The summed E-state index contributed by atoms with van der Waals surface area (Å²) in [7, 11) is 0. The van der Waals surface area contributed by atoms with E-state index in [1.54, 1.807) is 30.5 Å². The van der Waals surface area contributed by atoms with Crippen LogP contribution in [0.3, 0.4) is 0 Å². The molecule has 0 bridgehead atoms. The van der Waals surface area contributed by atoms with Crippen LogP contribution in [0, 0.1) is 0 Å². The van der Waals surface area contributed by atoms with E-state index in [1.807, 2.05) is 49.4 Å². The fourth-order valence-corrected chi connectivity index (χ4v) is 2.33. The van der Waals surface area contributed by atoms with Gasteiger partial charge < -0.3 is 4.74 Å². The number of allylic oxidation sites excluding steroid dienone is 1. The van der Waals surface area contributed by atoms with E-state index in [2.05, 4.69) is 4.98 Å². The van der Waals surface area contributed by atoms with Gasteiger partial charge in [-0.15, -0.1) is 0 Å². The molecule has 0 aliphatic heterocycles. The normalized spacial score (nSPS) is 11.0. The summed E-state index contributed by atoms with van der Waals surface area (Å²) in [6.45, 7) is 2.54. The molecule has 0 aliphatic rings. The summed E-state index contributed by atoms with van der Waals surface area (Å²) in [5, 5.41) is 1.06. The highest BCUT2D eigenvalue weighted by Gasteiger charge is 2.02. The molecule has 2 aromatic carbocycles. The van der Waals surface area contributed by atoms with Crippen LogP contribution >= 0.6 is 0 Å². The van der Waals surface area contributed by atoms with E-state index in [1.165, 1.54) is 0 Å². The van der Waals surface area contributed by atoms with Crippen molar-refractivity contribution in [3.63, 3.8) is 0 Å². The van der Waals surface area contributed by atoms with Gasteiger partial charge in [0.1, 0.15) is 5.75 Å². The second kappa shape index (κ2) is 6.88. The molecule has 23 heavy (non-hydrogen) atoms. The first-order chi connectivity index (χ1) is 11.3. The Morgan fingerprint density at radius 3 is 2.70 bits per heavy atom. The maximum Gasteiger partial charge on any atom is 0.185 e. The smallest absolute Gasteiger partial charge is 0.185 e. The van der Waals surface area contributed by atoms with Crippen LogP contribution in [0.5, 0.6) is 5.75 Å². The molecule has 0 N–H and O–H groups in total. The molecule has 0 spiro atoms. The average molecular weight is 303 g/mol. The zero-order chi connectivity index (χ0) is 16.1. The Balaban J connectivity index is 1.76. The highest BCUT2D eigenvalue weighted by Crippen LogP contribution is 2.15. The molecule has 0 amide bonds. The zero-order valence-electron chi connectivity index (χ0n) is 12.9. The Kier molecular flexibility index (Phi) is 4.48. The van der Waals surface area contributed by atoms with Gasteiger partial charge in [-0.05, 0) is 61.0 Å². The predicted molar refractivity (Wildman–Crippen MR) is 92.7 cm³/mol. The number of carbonyl (C=O) groups is 1. The predicted octanol–water partition coefficient (Wildman–Crippen LogP) is 4.53. The fraction of sp³-hybridized carbons (Fsp3) is 0.100. The highest BCUT2D eigenvalue weighted by atomic mass is 16.5. The number of carbonyl (C=O) groups excluding carboxylic acids is 1. The summed E-state index contributed by atoms with van der Waals surface area (Å²) < 4.78 is 5.37. The first-order valence-electron chi connectivity index (χ1n) is 7.56. The number of benzene rings is 2. The molecule has 114 valence electrons. The summed E-state index contributed by atoms with van der Waals surface area (Å²) in [6, 6.07) is 17.1. The first kappa shape index (κ1) is 15.0. The number of para-hydroxylation sites is 1. The summed E-state index contributed by atoms with van der Waals surface area (Å²) in [6.07, 6.45) is 5.13. The third kappa shape index (κ3) is 3.64. The Hall–Kier alpha value is -2.94. The van der Waals surface area contributed by atoms with Gasteiger partial charge in [0.25, 0.3) is 0 Å². The SMILES string of the molecule is CCOc1ccc(C(=O)C=Cc2cnc3ccccc3c2)cc1. The minimum Gasteiger partial charge on any atom is -0.494 e. The van der Waals surface area contributed by atoms with Gasteiger partial charge in [0, 0.05) is 17.1 Å². The van der Waals surface area contributed by atoms with Crippen molar-refractivity contribution in [1.29, 1.82) is 0 Å². The lowest BCUT2D eigenvalue weighted by molar-refractivity contribution is 0.104. The molecule has 0 fully saturated rings. The molecule has 3 rings (SSSR count). The molecule has 3 nitrogen and oxygen atoms in total. The molecule has 3 heteroatoms. The van der Waals surface area contributed by atoms with Crippen molar-refractivity contribution < 1.29 is 9.53 Å². The third-order valence-corrected chi connectivity index (χ3v) is 3.49. The van der Waals surface area contributed by atoms with Crippen LogP contribution in [0.2, 0.25) is 0 Å². The van der Waals surface area contributed by atoms with Gasteiger partial charge >= 0.3 is 0 Å². The van der Waals surface area contributed by atoms with Crippen LogP contribution in [0.15, 0.2) is 66.9 Å². The monoisotopic (exact) mass is 303 g/mol. The van der Waals surface area contributed by atoms with E-state index in [0.29, 0.717) is 12.2 Å². The fourth-order valence-electron chi connectivity index (χ4n) is 2.33. The minimum atomic E-state index is -0.0405. The van der Waals surface area contributed by atoms with Gasteiger partial charge in [0.05, 0.1) is 12.1 Å². The number of pyridine rings is 1. The van der Waals surface area contributed by atoms with Gasteiger partial charge in [-0.2, -0.15) is 0 Å². The number of aromatic nitrogens is 1.